The molecule has 2 aromatic rings. The van der Waals surface area contributed by atoms with Crippen LogP contribution in [0.5, 0.6) is 0 Å². The van der Waals surface area contributed by atoms with Crippen molar-refractivity contribution in [2.75, 3.05) is 10.2 Å². The second-order valence-corrected chi connectivity index (χ2v) is 10.2. The van der Waals surface area contributed by atoms with E-state index in [2.05, 4.69) is 10.0 Å². The maximum atomic E-state index is 13.1. The van der Waals surface area contributed by atoms with Gasteiger partial charge in [0.1, 0.15) is 6.04 Å². The Hall–Kier alpha value is -2.42. The molecule has 2 amide bonds. The number of hydrogen-bond acceptors (Lipinski definition) is 4. The van der Waals surface area contributed by atoms with Crippen molar-refractivity contribution in [3.05, 3.63) is 53.1 Å². The molecule has 0 aliphatic carbocycles. The average molecular weight is 464 g/mol. The Labute approximate surface area is 187 Å². The minimum atomic E-state index is -3.97. The Kier molecular flexibility index (Phi) is 6.73. The van der Waals surface area contributed by atoms with Gasteiger partial charge in [-0.3, -0.25) is 9.59 Å². The van der Waals surface area contributed by atoms with E-state index in [1.165, 1.54) is 13.0 Å². The van der Waals surface area contributed by atoms with E-state index in [-0.39, 0.29) is 22.8 Å². The summed E-state index contributed by atoms with van der Waals surface area (Å²) in [6.45, 7) is 6.94. The van der Waals surface area contributed by atoms with E-state index >= 15 is 0 Å². The van der Waals surface area contributed by atoms with Crippen LogP contribution in [0.3, 0.4) is 0 Å². The SMILES string of the molecule is CC(=O)N1c2ccc(S(=O)(=O)N[C@H](C(=O)Nc3cccc(Cl)c3)C(C)C)cc2C[C@H]1C. The van der Waals surface area contributed by atoms with Gasteiger partial charge in [-0.2, -0.15) is 4.72 Å². The predicted octanol–water partition coefficient (Wildman–Crippen LogP) is 3.58. The number of halogens is 1. The van der Waals surface area contributed by atoms with Crippen molar-refractivity contribution in [2.45, 2.75) is 51.1 Å². The van der Waals surface area contributed by atoms with Crippen LogP contribution in [0.2, 0.25) is 5.02 Å². The molecule has 7 nitrogen and oxygen atoms in total. The molecular weight excluding hydrogens is 438 g/mol. The van der Waals surface area contributed by atoms with E-state index in [0.717, 1.165) is 11.3 Å². The third-order valence-electron chi connectivity index (χ3n) is 5.24. The van der Waals surface area contributed by atoms with Gasteiger partial charge in [-0.25, -0.2) is 8.42 Å². The molecule has 3 rings (SSSR count). The number of nitrogens with one attached hydrogen (secondary N) is 2. The fraction of sp³-hybridized carbons (Fsp3) is 0.364. The van der Waals surface area contributed by atoms with Crippen LogP contribution in [-0.4, -0.2) is 32.3 Å². The largest absolute Gasteiger partial charge is 0.325 e. The van der Waals surface area contributed by atoms with E-state index in [1.807, 2.05) is 6.92 Å². The molecule has 0 radical (unpaired) electrons. The van der Waals surface area contributed by atoms with Crippen molar-refractivity contribution < 1.29 is 18.0 Å². The first-order valence-corrected chi connectivity index (χ1v) is 11.9. The first-order valence-electron chi connectivity index (χ1n) is 10.0. The lowest BCUT2D eigenvalue weighted by atomic mass is 10.0. The second-order valence-electron chi connectivity index (χ2n) is 8.08. The zero-order chi connectivity index (χ0) is 22.9. The summed E-state index contributed by atoms with van der Waals surface area (Å²) in [5.74, 6) is -0.854. The van der Waals surface area contributed by atoms with E-state index in [0.29, 0.717) is 17.1 Å². The number of nitrogens with zero attached hydrogens (tertiary/aromatic N) is 1. The lowest BCUT2D eigenvalue weighted by Crippen LogP contribution is -2.47. The van der Waals surface area contributed by atoms with Crippen LogP contribution in [0.4, 0.5) is 11.4 Å². The van der Waals surface area contributed by atoms with E-state index < -0.39 is 22.0 Å². The van der Waals surface area contributed by atoms with Crippen molar-refractivity contribution in [1.29, 1.82) is 0 Å². The molecule has 0 spiro atoms. The Morgan fingerprint density at radius 1 is 1.16 bits per heavy atom. The first-order chi connectivity index (χ1) is 14.5. The fourth-order valence-electron chi connectivity index (χ4n) is 3.77. The molecule has 2 atom stereocenters. The number of sulfonamides is 1. The highest BCUT2D eigenvalue weighted by Gasteiger charge is 2.32. The van der Waals surface area contributed by atoms with Crippen LogP contribution in [0.1, 0.15) is 33.3 Å². The molecule has 0 saturated heterocycles. The molecule has 1 aliphatic heterocycles. The summed E-state index contributed by atoms with van der Waals surface area (Å²) in [6.07, 6.45) is 0.571. The van der Waals surface area contributed by atoms with E-state index in [4.69, 9.17) is 11.6 Å². The summed E-state index contributed by atoms with van der Waals surface area (Å²) in [5.41, 5.74) is 1.99. The fourth-order valence-corrected chi connectivity index (χ4v) is 5.35. The molecule has 2 N–H and O–H groups in total. The Morgan fingerprint density at radius 2 is 1.87 bits per heavy atom. The topological polar surface area (TPSA) is 95.6 Å². The summed E-state index contributed by atoms with van der Waals surface area (Å²) in [6, 6.07) is 10.3. The molecule has 0 saturated carbocycles. The molecule has 9 heteroatoms. The number of anilines is 2. The zero-order valence-corrected chi connectivity index (χ0v) is 19.4. The normalized spacial score (nSPS) is 16.8. The molecule has 0 fully saturated rings. The number of carbonyl (C=O) groups excluding carboxylic acids is 2. The Bertz CT molecular complexity index is 1120. The van der Waals surface area contributed by atoms with Crippen LogP contribution in [0, 0.1) is 5.92 Å². The molecule has 0 aromatic heterocycles. The van der Waals surface area contributed by atoms with Crippen molar-refractivity contribution in [3.63, 3.8) is 0 Å². The molecule has 1 aliphatic rings. The predicted molar refractivity (Wildman–Crippen MR) is 122 cm³/mol. The number of benzene rings is 2. The maximum absolute atomic E-state index is 13.1. The summed E-state index contributed by atoms with van der Waals surface area (Å²) in [7, 11) is -3.97. The highest BCUT2D eigenvalue weighted by molar-refractivity contribution is 7.89. The molecular formula is C22H26ClN3O4S. The third kappa shape index (κ3) is 5.08. The number of rotatable bonds is 6. The van der Waals surface area contributed by atoms with Crippen LogP contribution >= 0.6 is 11.6 Å². The average Bonchev–Trinajstić information content (AvgIpc) is 3.00. The van der Waals surface area contributed by atoms with Gasteiger partial charge in [-0.05, 0) is 61.2 Å². The lowest BCUT2D eigenvalue weighted by Gasteiger charge is -2.22. The van der Waals surface area contributed by atoms with Gasteiger partial charge in [0, 0.05) is 29.4 Å². The summed E-state index contributed by atoms with van der Waals surface area (Å²) in [4.78, 5) is 26.4. The number of fused-ring (bicyclic) bond motifs is 1. The molecule has 31 heavy (non-hydrogen) atoms. The minimum absolute atomic E-state index is 0.0368. The standard InChI is InChI=1S/C22H26ClN3O4S/c1-13(2)21(22(28)24-18-7-5-6-17(23)12-18)25-31(29,30)19-8-9-20-16(11-19)10-14(3)26(20)15(4)27/h5-9,11-14,21,25H,10H2,1-4H3,(H,24,28)/t14-,21+/m1/s1. The van der Waals surface area contributed by atoms with Gasteiger partial charge in [0.15, 0.2) is 0 Å². The van der Waals surface area contributed by atoms with Crippen molar-refractivity contribution >= 4 is 44.8 Å². The van der Waals surface area contributed by atoms with Crippen LogP contribution in [0.25, 0.3) is 0 Å². The van der Waals surface area contributed by atoms with Gasteiger partial charge in [-0.15, -0.1) is 0 Å². The Balaban J connectivity index is 1.83. The monoisotopic (exact) mass is 463 g/mol. The van der Waals surface area contributed by atoms with Crippen LogP contribution < -0.4 is 14.9 Å². The highest BCUT2D eigenvalue weighted by atomic mass is 35.5. The van der Waals surface area contributed by atoms with Gasteiger partial charge >= 0.3 is 0 Å². The lowest BCUT2D eigenvalue weighted by molar-refractivity contribution is -0.118. The summed E-state index contributed by atoms with van der Waals surface area (Å²) < 4.78 is 28.7. The molecule has 166 valence electrons. The van der Waals surface area contributed by atoms with Crippen LogP contribution in [-0.2, 0) is 26.0 Å². The van der Waals surface area contributed by atoms with Gasteiger partial charge < -0.3 is 10.2 Å². The molecule has 0 bridgehead atoms. The van der Waals surface area contributed by atoms with Crippen molar-refractivity contribution in [3.8, 4) is 0 Å². The van der Waals surface area contributed by atoms with E-state index in [9.17, 15) is 18.0 Å². The van der Waals surface area contributed by atoms with Gasteiger partial charge in [0.05, 0.1) is 4.90 Å². The Morgan fingerprint density at radius 3 is 2.48 bits per heavy atom. The van der Waals surface area contributed by atoms with Crippen molar-refractivity contribution in [1.82, 2.24) is 4.72 Å². The number of amides is 2. The maximum Gasteiger partial charge on any atom is 0.242 e. The number of carbonyl (C=O) groups is 2. The van der Waals surface area contributed by atoms with E-state index in [1.54, 1.807) is 55.1 Å². The van der Waals surface area contributed by atoms with Crippen molar-refractivity contribution in [2.24, 2.45) is 5.92 Å². The van der Waals surface area contributed by atoms with Gasteiger partial charge in [-0.1, -0.05) is 31.5 Å². The second kappa shape index (κ2) is 8.98. The minimum Gasteiger partial charge on any atom is -0.325 e. The van der Waals surface area contributed by atoms with Gasteiger partial charge in [0.2, 0.25) is 21.8 Å². The smallest absolute Gasteiger partial charge is 0.242 e. The summed E-state index contributed by atoms with van der Waals surface area (Å²) in [5, 5.41) is 3.17. The van der Waals surface area contributed by atoms with Gasteiger partial charge in [0.25, 0.3) is 0 Å². The highest BCUT2D eigenvalue weighted by Crippen LogP contribution is 2.34. The first kappa shape index (κ1) is 23.2. The third-order valence-corrected chi connectivity index (χ3v) is 6.91. The number of hydrogen-bond donors (Lipinski definition) is 2. The molecule has 2 aromatic carbocycles. The van der Waals surface area contributed by atoms with Crippen LogP contribution in [0.15, 0.2) is 47.4 Å². The quantitative estimate of drug-likeness (QED) is 0.684. The summed E-state index contributed by atoms with van der Waals surface area (Å²) >= 11 is 5.96. The zero-order valence-electron chi connectivity index (χ0n) is 17.8. The molecule has 1 heterocycles. The molecule has 0 unspecified atom stereocenters.